The van der Waals surface area contributed by atoms with Gasteiger partial charge in [0.25, 0.3) is 0 Å². The zero-order valence-corrected chi connectivity index (χ0v) is 12.8. The maximum Gasteiger partial charge on any atom is 0.133 e. The highest BCUT2D eigenvalue weighted by molar-refractivity contribution is 6.17. The Kier molecular flexibility index (Phi) is 4.00. The van der Waals surface area contributed by atoms with Crippen molar-refractivity contribution in [2.45, 2.75) is 38.6 Å². The highest BCUT2D eigenvalue weighted by Gasteiger charge is 2.24. The molecule has 0 aliphatic carbocycles. The van der Waals surface area contributed by atoms with Crippen LogP contribution in [0.2, 0.25) is 0 Å². The molecule has 0 N–H and O–H groups in total. The Balaban J connectivity index is 2.58. The molecule has 19 heavy (non-hydrogen) atoms. The first-order valence-electron chi connectivity index (χ1n) is 6.68. The van der Waals surface area contributed by atoms with E-state index >= 15 is 0 Å². The minimum Gasteiger partial charge on any atom is -0.354 e. The second-order valence-electron chi connectivity index (χ2n) is 5.52. The number of halogens is 1. The Morgan fingerprint density at radius 2 is 1.95 bits per heavy atom. The monoisotopic (exact) mass is 276 g/mol. The first-order chi connectivity index (χ1) is 8.99. The molecule has 1 aromatic carbocycles. The summed E-state index contributed by atoms with van der Waals surface area (Å²) in [4.78, 5) is 7.03. The Morgan fingerprint density at radius 3 is 2.58 bits per heavy atom. The number of fused-ring (bicyclic) bond motifs is 1. The molecular formula is C16H21ClN2. The Morgan fingerprint density at radius 1 is 1.26 bits per heavy atom. The SMILES string of the molecule is CCC(C)(C)N(C)c1nc2ccccc2cc1CCl. The second kappa shape index (κ2) is 5.38. The van der Waals surface area contributed by atoms with Crippen LogP contribution >= 0.6 is 11.6 Å². The van der Waals surface area contributed by atoms with E-state index in [0.717, 1.165) is 28.7 Å². The lowest BCUT2D eigenvalue weighted by Crippen LogP contribution is -2.41. The molecule has 3 heteroatoms. The van der Waals surface area contributed by atoms with Crippen molar-refractivity contribution in [2.24, 2.45) is 0 Å². The molecule has 0 bridgehead atoms. The third kappa shape index (κ3) is 2.69. The van der Waals surface area contributed by atoms with E-state index in [4.69, 9.17) is 16.6 Å². The third-order valence-electron chi connectivity index (χ3n) is 4.01. The summed E-state index contributed by atoms with van der Waals surface area (Å²) >= 11 is 6.10. The van der Waals surface area contributed by atoms with Gasteiger partial charge < -0.3 is 4.90 Å². The second-order valence-corrected chi connectivity index (χ2v) is 5.79. The number of alkyl halides is 1. The first kappa shape index (κ1) is 14.1. The zero-order chi connectivity index (χ0) is 14.0. The van der Waals surface area contributed by atoms with Crippen LogP contribution in [0.4, 0.5) is 5.82 Å². The summed E-state index contributed by atoms with van der Waals surface area (Å²) in [5.74, 6) is 1.47. The lowest BCUT2D eigenvalue weighted by atomic mass is 9.99. The molecule has 0 spiro atoms. The van der Waals surface area contributed by atoms with E-state index in [2.05, 4.69) is 44.9 Å². The number of para-hydroxylation sites is 1. The quantitative estimate of drug-likeness (QED) is 0.759. The van der Waals surface area contributed by atoms with Crippen molar-refractivity contribution < 1.29 is 0 Å². The van der Waals surface area contributed by atoms with Crippen molar-refractivity contribution in [2.75, 3.05) is 11.9 Å². The fraction of sp³-hybridized carbons (Fsp3) is 0.438. The van der Waals surface area contributed by atoms with Crippen LogP contribution in [0, 0.1) is 0 Å². The van der Waals surface area contributed by atoms with Gasteiger partial charge in [0.1, 0.15) is 5.82 Å². The van der Waals surface area contributed by atoms with Crippen LogP contribution in [-0.2, 0) is 5.88 Å². The van der Waals surface area contributed by atoms with Gasteiger partial charge in [-0.05, 0) is 32.4 Å². The van der Waals surface area contributed by atoms with Crippen molar-refractivity contribution in [3.8, 4) is 0 Å². The topological polar surface area (TPSA) is 16.1 Å². The van der Waals surface area contributed by atoms with Crippen LogP contribution in [0.25, 0.3) is 10.9 Å². The number of aromatic nitrogens is 1. The van der Waals surface area contributed by atoms with E-state index in [-0.39, 0.29) is 5.54 Å². The Labute approximate surface area is 120 Å². The van der Waals surface area contributed by atoms with Crippen LogP contribution in [-0.4, -0.2) is 17.6 Å². The fourth-order valence-electron chi connectivity index (χ4n) is 2.06. The van der Waals surface area contributed by atoms with Gasteiger partial charge in [-0.15, -0.1) is 11.6 Å². The molecule has 0 amide bonds. The predicted molar refractivity (Wildman–Crippen MR) is 84.1 cm³/mol. The fourth-order valence-corrected chi connectivity index (χ4v) is 2.26. The molecule has 0 saturated heterocycles. The first-order valence-corrected chi connectivity index (χ1v) is 7.21. The number of pyridine rings is 1. The van der Waals surface area contributed by atoms with Gasteiger partial charge in [-0.1, -0.05) is 25.1 Å². The minimum atomic E-state index is 0.0657. The van der Waals surface area contributed by atoms with Crippen molar-refractivity contribution in [1.82, 2.24) is 4.98 Å². The highest BCUT2D eigenvalue weighted by atomic mass is 35.5. The van der Waals surface area contributed by atoms with E-state index < -0.39 is 0 Å². The van der Waals surface area contributed by atoms with Gasteiger partial charge >= 0.3 is 0 Å². The van der Waals surface area contributed by atoms with Crippen molar-refractivity contribution in [3.05, 3.63) is 35.9 Å². The van der Waals surface area contributed by atoms with Crippen LogP contribution < -0.4 is 4.90 Å². The van der Waals surface area contributed by atoms with E-state index in [9.17, 15) is 0 Å². The van der Waals surface area contributed by atoms with Crippen LogP contribution in [0.5, 0.6) is 0 Å². The van der Waals surface area contributed by atoms with Crippen LogP contribution in [0.1, 0.15) is 32.8 Å². The molecule has 0 atom stereocenters. The summed E-state index contributed by atoms with van der Waals surface area (Å²) in [6.45, 7) is 6.64. The molecule has 0 radical (unpaired) electrons. The third-order valence-corrected chi connectivity index (χ3v) is 4.30. The Hall–Kier alpha value is -1.28. The molecule has 1 aromatic heterocycles. The molecule has 0 unspecified atom stereocenters. The van der Waals surface area contributed by atoms with E-state index in [1.807, 2.05) is 18.2 Å². The summed E-state index contributed by atoms with van der Waals surface area (Å²) in [6.07, 6.45) is 1.06. The van der Waals surface area contributed by atoms with Crippen LogP contribution in [0.15, 0.2) is 30.3 Å². The summed E-state index contributed by atoms with van der Waals surface area (Å²) < 4.78 is 0. The maximum absolute atomic E-state index is 6.10. The molecule has 1 heterocycles. The summed E-state index contributed by atoms with van der Waals surface area (Å²) in [5, 5.41) is 1.14. The largest absolute Gasteiger partial charge is 0.354 e. The molecule has 2 nitrogen and oxygen atoms in total. The molecule has 0 fully saturated rings. The van der Waals surface area contributed by atoms with Gasteiger partial charge in [0.15, 0.2) is 0 Å². The number of hydrogen-bond donors (Lipinski definition) is 0. The zero-order valence-electron chi connectivity index (χ0n) is 12.1. The normalized spacial score (nSPS) is 11.8. The average Bonchev–Trinajstić information content (AvgIpc) is 2.44. The average molecular weight is 277 g/mol. The van der Waals surface area contributed by atoms with E-state index in [1.54, 1.807) is 0 Å². The molecule has 102 valence electrons. The van der Waals surface area contributed by atoms with Gasteiger partial charge in [0.05, 0.1) is 11.4 Å². The minimum absolute atomic E-state index is 0.0657. The molecule has 2 aromatic rings. The summed E-state index contributed by atoms with van der Waals surface area (Å²) in [7, 11) is 2.09. The summed E-state index contributed by atoms with van der Waals surface area (Å²) in [5.41, 5.74) is 2.17. The smallest absolute Gasteiger partial charge is 0.133 e. The number of benzene rings is 1. The number of nitrogens with zero attached hydrogens (tertiary/aromatic N) is 2. The van der Waals surface area contributed by atoms with Gasteiger partial charge in [-0.2, -0.15) is 0 Å². The lowest BCUT2D eigenvalue weighted by molar-refractivity contribution is 0.467. The molecule has 0 aliphatic rings. The van der Waals surface area contributed by atoms with E-state index in [0.29, 0.717) is 5.88 Å². The molecule has 2 rings (SSSR count). The Bertz CT molecular complexity index is 578. The van der Waals surface area contributed by atoms with Crippen molar-refractivity contribution in [3.63, 3.8) is 0 Å². The predicted octanol–water partition coefficient (Wildman–Crippen LogP) is 4.60. The number of hydrogen-bond acceptors (Lipinski definition) is 2. The van der Waals surface area contributed by atoms with Gasteiger partial charge in [0.2, 0.25) is 0 Å². The van der Waals surface area contributed by atoms with E-state index in [1.165, 1.54) is 0 Å². The standard InChI is InChI=1S/C16H21ClN2/c1-5-16(2,3)19(4)15-13(11-17)10-12-8-6-7-9-14(12)18-15/h6-10H,5,11H2,1-4H3. The molecular weight excluding hydrogens is 256 g/mol. The van der Waals surface area contributed by atoms with Gasteiger partial charge in [0, 0.05) is 23.5 Å². The highest BCUT2D eigenvalue weighted by Crippen LogP contribution is 2.29. The van der Waals surface area contributed by atoms with Gasteiger partial charge in [-0.3, -0.25) is 0 Å². The number of anilines is 1. The number of rotatable bonds is 4. The van der Waals surface area contributed by atoms with Crippen molar-refractivity contribution >= 4 is 28.3 Å². The van der Waals surface area contributed by atoms with Gasteiger partial charge in [-0.25, -0.2) is 4.98 Å². The lowest BCUT2D eigenvalue weighted by Gasteiger charge is -2.37. The van der Waals surface area contributed by atoms with Crippen LogP contribution in [0.3, 0.4) is 0 Å². The summed E-state index contributed by atoms with van der Waals surface area (Å²) in [6, 6.07) is 10.3. The molecule has 0 saturated carbocycles. The molecule has 0 aliphatic heterocycles. The maximum atomic E-state index is 6.10. The van der Waals surface area contributed by atoms with Crippen molar-refractivity contribution in [1.29, 1.82) is 0 Å².